The van der Waals surface area contributed by atoms with Gasteiger partial charge in [0, 0.05) is 0 Å². The van der Waals surface area contributed by atoms with Crippen molar-refractivity contribution in [3.05, 3.63) is 29.6 Å². The van der Waals surface area contributed by atoms with Gasteiger partial charge in [0.05, 0.1) is 11.6 Å². The molecule has 1 aromatic heterocycles. The van der Waals surface area contributed by atoms with Crippen LogP contribution in [0, 0.1) is 12.7 Å². The van der Waals surface area contributed by atoms with E-state index in [2.05, 4.69) is 15.4 Å². The lowest BCUT2D eigenvalue weighted by molar-refractivity contribution is 0.537. The van der Waals surface area contributed by atoms with Crippen LogP contribution in [0.5, 0.6) is 0 Å². The van der Waals surface area contributed by atoms with E-state index in [0.717, 1.165) is 18.4 Å². The van der Waals surface area contributed by atoms with Crippen molar-refractivity contribution in [2.45, 2.75) is 25.8 Å². The monoisotopic (exact) mass is 218 g/mol. The molecule has 5 heteroatoms. The third-order valence-electron chi connectivity index (χ3n) is 2.67. The fourth-order valence-corrected chi connectivity index (χ4v) is 1.59. The minimum absolute atomic E-state index is 0.296. The van der Waals surface area contributed by atoms with Gasteiger partial charge in [-0.2, -0.15) is 4.80 Å². The first-order valence-corrected chi connectivity index (χ1v) is 5.30. The Labute approximate surface area is 92.1 Å². The van der Waals surface area contributed by atoms with Gasteiger partial charge in [0.1, 0.15) is 5.82 Å². The number of benzene rings is 1. The van der Waals surface area contributed by atoms with Crippen molar-refractivity contribution >= 4 is 0 Å². The summed E-state index contributed by atoms with van der Waals surface area (Å²) in [5.74, 6) is 0.0692. The number of hydrogen-bond acceptors (Lipinski definition) is 3. The van der Waals surface area contributed by atoms with E-state index in [9.17, 15) is 4.39 Å². The molecule has 1 saturated carbocycles. The number of rotatable bonds is 2. The zero-order valence-electron chi connectivity index (χ0n) is 8.89. The maximum absolute atomic E-state index is 13.6. The lowest BCUT2D eigenvalue weighted by Crippen LogP contribution is -1.98. The SMILES string of the molecule is Cc1ccc(-c2nnn(C3CC3)n2)c(F)c1. The lowest BCUT2D eigenvalue weighted by Gasteiger charge is -1.98. The van der Waals surface area contributed by atoms with Crippen LogP contribution in [0.25, 0.3) is 11.4 Å². The third kappa shape index (κ3) is 1.58. The summed E-state index contributed by atoms with van der Waals surface area (Å²) < 4.78 is 13.6. The molecule has 0 amide bonds. The Balaban J connectivity index is 2.00. The van der Waals surface area contributed by atoms with Crippen LogP contribution in [0.1, 0.15) is 24.4 Å². The van der Waals surface area contributed by atoms with Crippen LogP contribution in [0.2, 0.25) is 0 Å². The average molecular weight is 218 g/mol. The van der Waals surface area contributed by atoms with E-state index in [0.29, 0.717) is 17.4 Å². The van der Waals surface area contributed by atoms with E-state index in [-0.39, 0.29) is 5.82 Å². The van der Waals surface area contributed by atoms with E-state index >= 15 is 0 Å². The van der Waals surface area contributed by atoms with Crippen LogP contribution in [-0.2, 0) is 0 Å². The number of halogens is 1. The van der Waals surface area contributed by atoms with Gasteiger partial charge in [0.2, 0.25) is 5.82 Å². The summed E-state index contributed by atoms with van der Waals surface area (Å²) in [6, 6.07) is 5.39. The Morgan fingerprint density at radius 2 is 2.19 bits per heavy atom. The predicted octanol–water partition coefficient (Wildman–Crippen LogP) is 2.12. The second-order valence-corrected chi connectivity index (χ2v) is 4.15. The summed E-state index contributed by atoms with van der Waals surface area (Å²) in [6.07, 6.45) is 2.18. The molecule has 0 saturated heterocycles. The van der Waals surface area contributed by atoms with Gasteiger partial charge in [0.15, 0.2) is 0 Å². The zero-order valence-corrected chi connectivity index (χ0v) is 8.89. The molecule has 0 radical (unpaired) electrons. The van der Waals surface area contributed by atoms with Crippen molar-refractivity contribution in [2.75, 3.05) is 0 Å². The summed E-state index contributed by atoms with van der Waals surface area (Å²) in [7, 11) is 0. The summed E-state index contributed by atoms with van der Waals surface area (Å²) in [4.78, 5) is 1.58. The van der Waals surface area contributed by atoms with Crippen molar-refractivity contribution in [1.29, 1.82) is 0 Å². The van der Waals surface area contributed by atoms with Crippen LogP contribution in [0.3, 0.4) is 0 Å². The smallest absolute Gasteiger partial charge is 0.206 e. The second kappa shape index (κ2) is 3.37. The molecule has 0 atom stereocenters. The number of hydrogen-bond donors (Lipinski definition) is 0. The largest absolute Gasteiger partial charge is 0.207 e. The number of tetrazole rings is 1. The van der Waals surface area contributed by atoms with Crippen molar-refractivity contribution in [2.24, 2.45) is 0 Å². The van der Waals surface area contributed by atoms with Gasteiger partial charge >= 0.3 is 0 Å². The molecule has 0 spiro atoms. The van der Waals surface area contributed by atoms with Crippen molar-refractivity contribution in [3.8, 4) is 11.4 Å². The van der Waals surface area contributed by atoms with Crippen molar-refractivity contribution in [1.82, 2.24) is 20.2 Å². The molecule has 0 unspecified atom stereocenters. The lowest BCUT2D eigenvalue weighted by atomic mass is 10.1. The van der Waals surface area contributed by atoms with Gasteiger partial charge in [-0.3, -0.25) is 0 Å². The second-order valence-electron chi connectivity index (χ2n) is 4.15. The highest BCUT2D eigenvalue weighted by Crippen LogP contribution is 2.33. The van der Waals surface area contributed by atoms with Gasteiger partial charge < -0.3 is 0 Å². The summed E-state index contributed by atoms with van der Waals surface area (Å²) >= 11 is 0. The molecule has 1 fully saturated rings. The van der Waals surface area contributed by atoms with Crippen molar-refractivity contribution in [3.63, 3.8) is 0 Å². The topological polar surface area (TPSA) is 43.6 Å². The highest BCUT2D eigenvalue weighted by Gasteiger charge is 2.26. The summed E-state index contributed by atoms with van der Waals surface area (Å²) in [5.41, 5.74) is 1.30. The van der Waals surface area contributed by atoms with Crippen LogP contribution in [0.4, 0.5) is 4.39 Å². The molecule has 4 nitrogen and oxygen atoms in total. The first-order valence-electron chi connectivity index (χ1n) is 5.30. The Kier molecular flexibility index (Phi) is 1.99. The highest BCUT2D eigenvalue weighted by molar-refractivity contribution is 5.55. The maximum Gasteiger partial charge on any atom is 0.207 e. The van der Waals surface area contributed by atoms with E-state index < -0.39 is 0 Å². The van der Waals surface area contributed by atoms with Crippen LogP contribution in [0.15, 0.2) is 18.2 Å². The van der Waals surface area contributed by atoms with E-state index in [1.807, 2.05) is 13.0 Å². The Bertz CT molecular complexity index is 531. The fraction of sp³-hybridized carbons (Fsp3) is 0.364. The minimum atomic E-state index is -0.296. The van der Waals surface area contributed by atoms with Crippen LogP contribution in [-0.4, -0.2) is 20.2 Å². The molecule has 0 bridgehead atoms. The number of aryl methyl sites for hydroxylation is 1. The molecular weight excluding hydrogens is 207 g/mol. The Morgan fingerprint density at radius 3 is 2.88 bits per heavy atom. The number of aromatic nitrogens is 4. The van der Waals surface area contributed by atoms with E-state index in [1.54, 1.807) is 10.9 Å². The molecule has 3 rings (SSSR count). The van der Waals surface area contributed by atoms with Gasteiger partial charge in [-0.15, -0.1) is 10.2 Å². The minimum Gasteiger partial charge on any atom is -0.206 e. The quantitative estimate of drug-likeness (QED) is 0.775. The summed E-state index contributed by atoms with van der Waals surface area (Å²) in [6.45, 7) is 1.85. The molecule has 1 aliphatic rings. The van der Waals surface area contributed by atoms with Crippen LogP contribution < -0.4 is 0 Å². The first-order chi connectivity index (χ1) is 7.74. The number of nitrogens with zero attached hydrogens (tertiary/aromatic N) is 4. The third-order valence-corrected chi connectivity index (χ3v) is 2.67. The predicted molar refractivity (Wildman–Crippen MR) is 56.2 cm³/mol. The molecule has 0 aliphatic heterocycles. The van der Waals surface area contributed by atoms with E-state index in [1.165, 1.54) is 6.07 Å². The van der Waals surface area contributed by atoms with E-state index in [4.69, 9.17) is 0 Å². The average Bonchev–Trinajstić information content (AvgIpc) is 2.98. The molecule has 1 heterocycles. The molecule has 2 aromatic rings. The van der Waals surface area contributed by atoms with Crippen LogP contribution >= 0.6 is 0 Å². The Hall–Kier alpha value is -1.78. The highest BCUT2D eigenvalue weighted by atomic mass is 19.1. The zero-order chi connectivity index (χ0) is 11.1. The fourth-order valence-electron chi connectivity index (χ4n) is 1.59. The maximum atomic E-state index is 13.6. The summed E-state index contributed by atoms with van der Waals surface area (Å²) in [5, 5.41) is 12.0. The molecule has 1 aliphatic carbocycles. The first kappa shape index (κ1) is 9.45. The standard InChI is InChI=1S/C11H11FN4/c1-7-2-5-9(10(12)6-7)11-13-15-16(14-11)8-3-4-8/h2,5-6,8H,3-4H2,1H3. The van der Waals surface area contributed by atoms with Crippen molar-refractivity contribution < 1.29 is 4.39 Å². The van der Waals surface area contributed by atoms with Gasteiger partial charge in [-0.1, -0.05) is 6.07 Å². The normalized spacial score (nSPS) is 15.4. The van der Waals surface area contributed by atoms with Gasteiger partial charge in [-0.05, 0) is 42.7 Å². The Morgan fingerprint density at radius 1 is 1.38 bits per heavy atom. The molecule has 16 heavy (non-hydrogen) atoms. The molecular formula is C11H11FN4. The molecule has 82 valence electrons. The van der Waals surface area contributed by atoms with Gasteiger partial charge in [-0.25, -0.2) is 4.39 Å². The molecule has 1 aromatic carbocycles. The molecule has 0 N–H and O–H groups in total. The van der Waals surface area contributed by atoms with Gasteiger partial charge in [0.25, 0.3) is 0 Å².